The van der Waals surface area contributed by atoms with Crippen LogP contribution in [0.15, 0.2) is 30.4 Å². The van der Waals surface area contributed by atoms with Crippen molar-refractivity contribution in [2.75, 3.05) is 20.0 Å². The molecule has 5 heteroatoms. The molecule has 0 radical (unpaired) electrons. The summed E-state index contributed by atoms with van der Waals surface area (Å²) in [5.41, 5.74) is 0. The van der Waals surface area contributed by atoms with Gasteiger partial charge in [0, 0.05) is 12.1 Å². The quantitative estimate of drug-likeness (QED) is 0.590. The molecule has 0 unspecified atom stereocenters. The van der Waals surface area contributed by atoms with Crippen molar-refractivity contribution in [1.82, 2.24) is 0 Å². The monoisotopic (exact) mass is 250 g/mol. The van der Waals surface area contributed by atoms with E-state index in [-0.39, 0.29) is 12.8 Å². The largest absolute Gasteiger partial charge is 0.489 e. The van der Waals surface area contributed by atoms with Crippen molar-refractivity contribution in [3.8, 4) is 17.2 Å². The average molecular weight is 250 g/mol. The van der Waals surface area contributed by atoms with E-state index in [9.17, 15) is 4.79 Å². The molecule has 0 spiro atoms. The van der Waals surface area contributed by atoms with Crippen molar-refractivity contribution in [2.45, 2.75) is 6.92 Å². The Bertz CT molecular complexity index is 453. The van der Waals surface area contributed by atoms with Gasteiger partial charge >= 0.3 is 5.97 Å². The van der Waals surface area contributed by atoms with Gasteiger partial charge in [0.2, 0.25) is 6.79 Å². The lowest BCUT2D eigenvalue weighted by atomic mass is 10.3. The molecule has 2 rings (SSSR count). The molecule has 0 atom stereocenters. The van der Waals surface area contributed by atoms with Crippen LogP contribution in [0.25, 0.3) is 0 Å². The van der Waals surface area contributed by atoms with Crippen LogP contribution in [-0.2, 0) is 9.53 Å². The number of hydrogen-bond donors (Lipinski definition) is 0. The highest BCUT2D eigenvalue weighted by Gasteiger charge is 2.13. The maximum Gasteiger partial charge on any atom is 0.330 e. The summed E-state index contributed by atoms with van der Waals surface area (Å²) in [6.45, 7) is 2.65. The van der Waals surface area contributed by atoms with Crippen molar-refractivity contribution in [2.24, 2.45) is 0 Å². The minimum atomic E-state index is -0.369. The van der Waals surface area contributed by atoms with Gasteiger partial charge in [-0.25, -0.2) is 4.79 Å². The van der Waals surface area contributed by atoms with Crippen LogP contribution in [0.4, 0.5) is 0 Å². The summed E-state index contributed by atoms with van der Waals surface area (Å²) in [4.78, 5) is 11.0. The second-order valence-corrected chi connectivity index (χ2v) is 3.48. The van der Waals surface area contributed by atoms with Gasteiger partial charge < -0.3 is 18.9 Å². The highest BCUT2D eigenvalue weighted by atomic mass is 16.7. The summed E-state index contributed by atoms with van der Waals surface area (Å²) >= 11 is 0. The van der Waals surface area contributed by atoms with E-state index < -0.39 is 0 Å². The molecule has 5 nitrogen and oxygen atoms in total. The molecule has 0 saturated heterocycles. The molecule has 1 aliphatic heterocycles. The van der Waals surface area contributed by atoms with Gasteiger partial charge in [-0.2, -0.15) is 0 Å². The third-order valence-corrected chi connectivity index (χ3v) is 2.23. The van der Waals surface area contributed by atoms with Crippen LogP contribution in [0.5, 0.6) is 17.2 Å². The standard InChI is InChI=1S/C13H14O5/c1-2-15-13(14)4-3-7-16-10-5-6-11-12(8-10)18-9-17-11/h3-6,8H,2,7,9H2,1H3/b4-3+. The maximum absolute atomic E-state index is 11.0. The van der Waals surface area contributed by atoms with Crippen LogP contribution < -0.4 is 14.2 Å². The summed E-state index contributed by atoms with van der Waals surface area (Å²) in [6, 6.07) is 5.32. The van der Waals surface area contributed by atoms with E-state index in [0.717, 1.165) is 0 Å². The Kier molecular flexibility index (Phi) is 4.06. The molecule has 1 aromatic rings. The first kappa shape index (κ1) is 12.3. The molecule has 96 valence electrons. The Morgan fingerprint density at radius 1 is 1.39 bits per heavy atom. The van der Waals surface area contributed by atoms with E-state index in [1.807, 2.05) is 0 Å². The minimum absolute atomic E-state index is 0.238. The Balaban J connectivity index is 1.82. The van der Waals surface area contributed by atoms with Crippen molar-refractivity contribution in [1.29, 1.82) is 0 Å². The van der Waals surface area contributed by atoms with Crippen LogP contribution in [0.3, 0.4) is 0 Å². The van der Waals surface area contributed by atoms with Crippen molar-refractivity contribution in [3.05, 3.63) is 30.4 Å². The van der Waals surface area contributed by atoms with Gasteiger partial charge in [-0.05, 0) is 25.1 Å². The lowest BCUT2D eigenvalue weighted by molar-refractivity contribution is -0.137. The zero-order valence-corrected chi connectivity index (χ0v) is 10.0. The summed E-state index contributed by atoms with van der Waals surface area (Å²) in [5.74, 6) is 1.67. The minimum Gasteiger partial charge on any atom is -0.489 e. The second kappa shape index (κ2) is 5.95. The average Bonchev–Trinajstić information content (AvgIpc) is 2.82. The molecule has 1 heterocycles. The lowest BCUT2D eigenvalue weighted by Crippen LogP contribution is -2.00. The molecular weight excluding hydrogens is 236 g/mol. The van der Waals surface area contributed by atoms with Gasteiger partial charge in [0.15, 0.2) is 11.5 Å². The summed E-state index contributed by atoms with van der Waals surface area (Å²) in [7, 11) is 0. The first-order valence-corrected chi connectivity index (χ1v) is 5.65. The molecule has 0 aromatic heterocycles. The number of ether oxygens (including phenoxy) is 4. The summed E-state index contributed by atoms with van der Waals surface area (Å²) in [5, 5.41) is 0. The van der Waals surface area contributed by atoms with E-state index in [1.54, 1.807) is 31.2 Å². The highest BCUT2D eigenvalue weighted by molar-refractivity contribution is 5.81. The van der Waals surface area contributed by atoms with Gasteiger partial charge in [-0.15, -0.1) is 0 Å². The topological polar surface area (TPSA) is 54.0 Å². The van der Waals surface area contributed by atoms with Crippen LogP contribution in [0.2, 0.25) is 0 Å². The first-order valence-electron chi connectivity index (χ1n) is 5.65. The lowest BCUT2D eigenvalue weighted by Gasteiger charge is -2.03. The number of esters is 1. The third kappa shape index (κ3) is 3.16. The van der Waals surface area contributed by atoms with E-state index in [4.69, 9.17) is 18.9 Å². The summed E-state index contributed by atoms with van der Waals surface area (Å²) in [6.07, 6.45) is 2.94. The van der Waals surface area contributed by atoms with Crippen LogP contribution in [0.1, 0.15) is 6.92 Å². The van der Waals surface area contributed by atoms with E-state index in [2.05, 4.69) is 0 Å². The molecule has 0 saturated carbocycles. The van der Waals surface area contributed by atoms with Gasteiger partial charge in [0.1, 0.15) is 12.4 Å². The van der Waals surface area contributed by atoms with Crippen LogP contribution >= 0.6 is 0 Å². The second-order valence-electron chi connectivity index (χ2n) is 3.48. The number of benzene rings is 1. The molecule has 18 heavy (non-hydrogen) atoms. The normalized spacial score (nSPS) is 12.7. The fourth-order valence-corrected chi connectivity index (χ4v) is 1.45. The zero-order chi connectivity index (χ0) is 12.8. The molecule has 0 amide bonds. The molecular formula is C13H14O5. The van der Waals surface area contributed by atoms with Gasteiger partial charge in [0.05, 0.1) is 6.61 Å². The first-order chi connectivity index (χ1) is 8.79. The Morgan fingerprint density at radius 2 is 2.22 bits per heavy atom. The third-order valence-electron chi connectivity index (χ3n) is 2.23. The van der Waals surface area contributed by atoms with Crippen LogP contribution in [0, 0.1) is 0 Å². The predicted octanol–water partition coefficient (Wildman–Crippen LogP) is 1.91. The van der Waals surface area contributed by atoms with Gasteiger partial charge in [-0.3, -0.25) is 0 Å². The molecule has 0 N–H and O–H groups in total. The Hall–Kier alpha value is -2.17. The molecule has 0 fully saturated rings. The van der Waals surface area contributed by atoms with E-state index in [0.29, 0.717) is 30.5 Å². The van der Waals surface area contributed by atoms with E-state index >= 15 is 0 Å². The van der Waals surface area contributed by atoms with Crippen molar-refractivity contribution in [3.63, 3.8) is 0 Å². The maximum atomic E-state index is 11.0. The molecule has 1 aromatic carbocycles. The molecule has 1 aliphatic rings. The smallest absolute Gasteiger partial charge is 0.330 e. The summed E-state index contributed by atoms with van der Waals surface area (Å²) < 4.78 is 20.6. The number of rotatable bonds is 5. The molecule has 0 aliphatic carbocycles. The fourth-order valence-electron chi connectivity index (χ4n) is 1.45. The Labute approximate surface area is 105 Å². The molecule has 0 bridgehead atoms. The Morgan fingerprint density at radius 3 is 3.06 bits per heavy atom. The number of carbonyl (C=O) groups excluding carboxylic acids is 1. The predicted molar refractivity (Wildman–Crippen MR) is 63.8 cm³/mol. The van der Waals surface area contributed by atoms with Gasteiger partial charge in [-0.1, -0.05) is 0 Å². The SMILES string of the molecule is CCOC(=O)/C=C/COc1ccc2c(c1)OCO2. The van der Waals surface area contributed by atoms with Gasteiger partial charge in [0.25, 0.3) is 0 Å². The number of carbonyl (C=O) groups is 1. The van der Waals surface area contributed by atoms with Crippen molar-refractivity contribution >= 4 is 5.97 Å². The van der Waals surface area contributed by atoms with E-state index in [1.165, 1.54) is 6.08 Å². The van der Waals surface area contributed by atoms with Crippen LogP contribution in [-0.4, -0.2) is 26.0 Å². The van der Waals surface area contributed by atoms with Crippen molar-refractivity contribution < 1.29 is 23.7 Å². The highest BCUT2D eigenvalue weighted by Crippen LogP contribution is 2.34. The number of hydrogen-bond acceptors (Lipinski definition) is 5. The fraction of sp³-hybridized carbons (Fsp3) is 0.308. The zero-order valence-electron chi connectivity index (χ0n) is 10.0. The number of fused-ring (bicyclic) bond motifs is 1.